The minimum absolute atomic E-state index is 0.00515. The van der Waals surface area contributed by atoms with E-state index in [0.29, 0.717) is 66.4 Å². The van der Waals surface area contributed by atoms with Crippen LogP contribution < -0.4 is 4.90 Å². The van der Waals surface area contributed by atoms with Crippen molar-refractivity contribution in [1.29, 1.82) is 0 Å². The Kier molecular flexibility index (Phi) is 16.1. The predicted octanol–water partition coefficient (Wildman–Crippen LogP) is 4.73. The molecule has 2 atom stereocenters. The number of methoxy groups -OCH3 is 1. The number of aliphatic hydroxyl groups is 1. The highest BCUT2D eigenvalue weighted by Crippen LogP contribution is 2.51. The van der Waals surface area contributed by atoms with Gasteiger partial charge >= 0.3 is 5.97 Å². The number of benzene rings is 2. The van der Waals surface area contributed by atoms with Crippen molar-refractivity contribution in [3.63, 3.8) is 0 Å². The number of fused-ring (bicyclic) bond motifs is 2. The second-order valence-corrected chi connectivity index (χ2v) is 20.5. The second kappa shape index (κ2) is 20.5. The molecule has 4 N–H and O–H groups in total. The van der Waals surface area contributed by atoms with Gasteiger partial charge in [0.05, 0.1) is 27.6 Å². The fourth-order valence-corrected chi connectivity index (χ4v) is 9.94. The van der Waals surface area contributed by atoms with Crippen molar-refractivity contribution in [3.05, 3.63) is 95.8 Å². The lowest BCUT2D eigenvalue weighted by atomic mass is 9.76. The van der Waals surface area contributed by atoms with Gasteiger partial charge in [0.2, 0.25) is 5.69 Å². The number of hydrogen-bond acceptors (Lipinski definition) is 13. The first kappa shape index (κ1) is 50.1. The second-order valence-electron chi connectivity index (χ2n) is 16.1. The number of rotatable bonds is 22. The Morgan fingerprint density at radius 3 is 2.05 bits per heavy atom. The van der Waals surface area contributed by atoms with Crippen LogP contribution in [0.1, 0.15) is 82.8 Å². The van der Waals surface area contributed by atoms with Crippen LogP contribution in [-0.2, 0) is 65.1 Å². The largest absolute Gasteiger partial charge is 0.395 e. The van der Waals surface area contributed by atoms with Gasteiger partial charge in [0, 0.05) is 80.4 Å². The Bertz CT molecular complexity index is 2620. The van der Waals surface area contributed by atoms with Gasteiger partial charge in [-0.25, -0.2) is 4.79 Å². The summed E-state index contributed by atoms with van der Waals surface area (Å²) in [6.07, 6.45) is 14.6. The number of carbonyl (C=O) groups is 3. The zero-order chi connectivity index (χ0) is 47.1. The number of hydroxylamine groups is 2. The van der Waals surface area contributed by atoms with Crippen LogP contribution in [0.5, 0.6) is 0 Å². The summed E-state index contributed by atoms with van der Waals surface area (Å²) in [7, 11) is -11.9. The molecule has 2 unspecified atom stereocenters. The summed E-state index contributed by atoms with van der Waals surface area (Å²) in [4.78, 5) is 42.2. The smallest absolute Gasteiger partial charge is 0.333 e. The van der Waals surface area contributed by atoms with E-state index in [9.17, 15) is 58.4 Å². The maximum Gasteiger partial charge on any atom is 0.333 e. The Morgan fingerprint density at radius 1 is 0.797 bits per heavy atom. The van der Waals surface area contributed by atoms with Crippen molar-refractivity contribution >= 4 is 65.2 Å². The van der Waals surface area contributed by atoms with Gasteiger partial charge in [0.25, 0.3) is 42.2 Å². The Morgan fingerprint density at radius 2 is 1.42 bits per heavy atom. The normalized spacial score (nSPS) is 21.1. The minimum Gasteiger partial charge on any atom is -0.395 e. The average molecular weight is 949 g/mol. The van der Waals surface area contributed by atoms with Crippen molar-refractivity contribution < 1.29 is 72.6 Å². The minimum atomic E-state index is -4.59. The molecule has 3 aliphatic heterocycles. The van der Waals surface area contributed by atoms with Crippen molar-refractivity contribution in [2.75, 3.05) is 44.1 Å². The SMILES string of the molecule is COCCC1(C)C(/C=C/C=C/C=C/C=C2/N(CCO)c3ccc(S(=O)(=O)O)cc3C2(C)CCCS(=O)(=O)O)=[N+](CCCCCC(=O)ON2C(=O)CCC2=O)c2ccc(S(=O)(=O)O)cc21. The summed E-state index contributed by atoms with van der Waals surface area (Å²) >= 11 is 0. The third-order valence-electron chi connectivity index (χ3n) is 11.6. The molecule has 0 spiro atoms. The molecule has 1 saturated heterocycles. The fraction of sp³-hybridized carbons (Fsp3) is 0.442. The topological polar surface area (TPSA) is 262 Å². The van der Waals surface area contributed by atoms with Crippen molar-refractivity contribution in [2.45, 2.75) is 92.3 Å². The Labute approximate surface area is 373 Å². The molecule has 0 radical (unpaired) electrons. The van der Waals surface area contributed by atoms with E-state index in [-0.39, 0.29) is 55.0 Å². The quantitative estimate of drug-likeness (QED) is 0.0409. The van der Waals surface area contributed by atoms with Gasteiger partial charge in [0.1, 0.15) is 6.54 Å². The standard InChI is InChI=1S/C43H53N3O15S3/c1-42(22-12-28-62(51,52)53)33-29-31(63(54,55)56)17-19-36(33)45(25-26-47)37(42)13-8-5-4-6-9-14-38-43(2,23-27-60-3)34-30-32(64(57,58)59)16-18-35(34)44(38)24-11-7-10-15-41(50)61-46-39(48)20-21-40(46)49/h4-6,8-9,13-14,16-19,29-30,47H,7,10-12,15,20-28H2,1-3H3,(H2-,51,52,53,54,55,56,57,58,59)/p+1. The molecule has 348 valence electrons. The number of amides is 2. The van der Waals surface area contributed by atoms with E-state index in [1.54, 1.807) is 61.5 Å². The number of β-amino-alcohol motifs (C(OH)–C–C–N with tert-alkyl or cyclic N) is 1. The van der Waals surface area contributed by atoms with Gasteiger partial charge in [-0.2, -0.15) is 29.8 Å². The van der Waals surface area contributed by atoms with Crippen LogP contribution in [-0.4, -0.2) is 116 Å². The highest BCUT2D eigenvalue weighted by molar-refractivity contribution is 7.86. The molecule has 2 amide bonds. The number of ether oxygens (including phenoxy) is 1. The maximum absolute atomic E-state index is 12.4. The molecule has 0 bridgehead atoms. The molecule has 0 aliphatic carbocycles. The van der Waals surface area contributed by atoms with Crippen molar-refractivity contribution in [1.82, 2.24) is 5.06 Å². The predicted molar refractivity (Wildman–Crippen MR) is 235 cm³/mol. The van der Waals surface area contributed by atoms with Crippen LogP contribution >= 0.6 is 0 Å². The van der Waals surface area contributed by atoms with Gasteiger partial charge in [-0.05, 0) is 87.9 Å². The van der Waals surface area contributed by atoms with E-state index < -0.39 is 64.7 Å². The van der Waals surface area contributed by atoms with Crippen LogP contribution in [0.25, 0.3) is 0 Å². The molecule has 64 heavy (non-hydrogen) atoms. The number of allylic oxidation sites excluding steroid dienone is 8. The van der Waals surface area contributed by atoms with Crippen LogP contribution in [0.15, 0.2) is 94.4 Å². The number of hydrogen-bond donors (Lipinski definition) is 4. The summed E-state index contributed by atoms with van der Waals surface area (Å²) in [5.41, 5.74) is 2.07. The van der Waals surface area contributed by atoms with Crippen LogP contribution in [0.4, 0.5) is 11.4 Å². The van der Waals surface area contributed by atoms with E-state index in [4.69, 9.17) is 9.57 Å². The summed E-state index contributed by atoms with van der Waals surface area (Å²) < 4.78 is 109. The molecule has 2 aromatic rings. The highest BCUT2D eigenvalue weighted by atomic mass is 32.2. The number of imide groups is 1. The van der Waals surface area contributed by atoms with E-state index in [0.717, 1.165) is 11.4 Å². The number of unbranched alkanes of at least 4 members (excludes halogenated alkanes) is 2. The molecule has 5 rings (SSSR count). The Balaban J connectivity index is 1.41. The maximum atomic E-state index is 12.4. The van der Waals surface area contributed by atoms with Crippen molar-refractivity contribution in [2.24, 2.45) is 0 Å². The molecular formula is C43H54N3O15S3+. The van der Waals surface area contributed by atoms with E-state index in [1.165, 1.54) is 30.3 Å². The van der Waals surface area contributed by atoms with Gasteiger partial charge in [-0.3, -0.25) is 23.2 Å². The van der Waals surface area contributed by atoms with Gasteiger partial charge < -0.3 is 19.6 Å². The van der Waals surface area contributed by atoms with Crippen LogP contribution in [0, 0.1) is 0 Å². The lowest BCUT2D eigenvalue weighted by Crippen LogP contribution is -2.33. The van der Waals surface area contributed by atoms with E-state index in [1.807, 2.05) is 17.6 Å². The molecule has 0 saturated carbocycles. The van der Waals surface area contributed by atoms with Gasteiger partial charge in [0.15, 0.2) is 5.71 Å². The monoisotopic (exact) mass is 948 g/mol. The van der Waals surface area contributed by atoms with Crippen LogP contribution in [0.2, 0.25) is 0 Å². The first-order chi connectivity index (χ1) is 30.0. The summed E-state index contributed by atoms with van der Waals surface area (Å²) in [5.74, 6) is -2.34. The summed E-state index contributed by atoms with van der Waals surface area (Å²) in [5, 5.41) is 10.5. The number of nitrogens with zero attached hydrogens (tertiary/aromatic N) is 3. The fourth-order valence-electron chi connectivity index (χ4n) is 8.41. The van der Waals surface area contributed by atoms with Gasteiger partial charge in [-0.1, -0.05) is 30.4 Å². The zero-order valence-corrected chi connectivity index (χ0v) is 38.2. The first-order valence-corrected chi connectivity index (χ1v) is 25.0. The molecule has 3 aliphatic rings. The van der Waals surface area contributed by atoms with E-state index in [2.05, 4.69) is 0 Å². The molecule has 2 aromatic carbocycles. The lowest BCUT2D eigenvalue weighted by Gasteiger charge is -2.30. The van der Waals surface area contributed by atoms with Crippen LogP contribution in [0.3, 0.4) is 0 Å². The third kappa shape index (κ3) is 11.7. The molecular weight excluding hydrogens is 895 g/mol. The number of aliphatic hydroxyl groups excluding tert-OH is 1. The summed E-state index contributed by atoms with van der Waals surface area (Å²) in [6.45, 7) is 4.36. The summed E-state index contributed by atoms with van der Waals surface area (Å²) in [6, 6.07) is 8.50. The van der Waals surface area contributed by atoms with E-state index >= 15 is 0 Å². The number of carbonyl (C=O) groups excluding carboxylic acids is 3. The van der Waals surface area contributed by atoms with Crippen molar-refractivity contribution in [3.8, 4) is 0 Å². The number of anilines is 1. The highest BCUT2D eigenvalue weighted by Gasteiger charge is 2.48. The molecule has 3 heterocycles. The average Bonchev–Trinajstić information content (AvgIpc) is 3.74. The molecule has 0 aromatic heterocycles. The third-order valence-corrected chi connectivity index (χ3v) is 14.1. The molecule has 18 nitrogen and oxygen atoms in total. The first-order valence-electron chi connectivity index (χ1n) is 20.6. The molecule has 1 fully saturated rings. The molecule has 21 heteroatoms. The Hall–Kier alpha value is -4.87. The zero-order valence-electron chi connectivity index (χ0n) is 35.8. The van der Waals surface area contributed by atoms with Gasteiger partial charge in [-0.15, -0.1) is 5.06 Å². The lowest BCUT2D eigenvalue weighted by molar-refractivity contribution is -0.438.